The maximum Gasteiger partial charge on any atom is 0.328 e. The Morgan fingerprint density at radius 2 is 1.93 bits per heavy atom. The van der Waals surface area contributed by atoms with Gasteiger partial charge in [-0.2, -0.15) is 5.10 Å². The van der Waals surface area contributed by atoms with Crippen LogP contribution in [0, 0.1) is 0 Å². The number of carboxylic acid groups (broad SMARTS) is 1. The molecule has 2 aromatic heterocycles. The minimum absolute atomic E-state index is 0.00658. The molecule has 0 saturated carbocycles. The number of carbonyl (C=O) groups excluding carboxylic acids is 1. The number of aliphatic hydroxyl groups is 1. The summed E-state index contributed by atoms with van der Waals surface area (Å²) in [4.78, 5) is 26.7. The molecule has 0 fully saturated rings. The van der Waals surface area contributed by atoms with Gasteiger partial charge in [-0.15, -0.1) is 0 Å². The molecule has 8 heteroatoms. The van der Waals surface area contributed by atoms with Crippen molar-refractivity contribution in [2.75, 3.05) is 0 Å². The summed E-state index contributed by atoms with van der Waals surface area (Å²) in [6.07, 6.45) is 7.88. The minimum atomic E-state index is -1.11. The fourth-order valence-electron chi connectivity index (χ4n) is 2.51. The second-order valence-electron chi connectivity index (χ2n) is 5.68. The number of hydrogen-bond donors (Lipinski definition) is 3. The van der Waals surface area contributed by atoms with Gasteiger partial charge in [0.15, 0.2) is 5.82 Å². The first-order valence-corrected chi connectivity index (χ1v) is 7.98. The summed E-state index contributed by atoms with van der Waals surface area (Å²) < 4.78 is 1.80. The van der Waals surface area contributed by atoms with Crippen LogP contribution in [-0.2, 0) is 11.3 Å². The molecule has 0 aliphatic heterocycles. The Morgan fingerprint density at radius 1 is 1.15 bits per heavy atom. The highest BCUT2D eigenvalue weighted by molar-refractivity contribution is 6.05. The molecule has 0 unspecified atom stereocenters. The van der Waals surface area contributed by atoms with Crippen molar-refractivity contribution in [3.8, 4) is 0 Å². The van der Waals surface area contributed by atoms with Crippen LogP contribution in [0.4, 0.5) is 0 Å². The van der Waals surface area contributed by atoms with Crippen LogP contribution in [0.3, 0.4) is 0 Å². The molecule has 0 spiro atoms. The van der Waals surface area contributed by atoms with Crippen LogP contribution in [0.2, 0.25) is 0 Å². The third-order valence-corrected chi connectivity index (χ3v) is 3.72. The molecule has 3 aromatic rings. The van der Waals surface area contributed by atoms with Crippen LogP contribution in [0.25, 0.3) is 11.8 Å². The van der Waals surface area contributed by atoms with Crippen molar-refractivity contribution in [2.45, 2.75) is 6.54 Å². The Hall–Kier alpha value is -3.94. The summed E-state index contributed by atoms with van der Waals surface area (Å²) in [6.45, 7) is 0.526. The van der Waals surface area contributed by atoms with Crippen LogP contribution in [0.15, 0.2) is 61.2 Å². The Bertz CT molecular complexity index is 1000. The second kappa shape index (κ2) is 7.96. The van der Waals surface area contributed by atoms with Crippen LogP contribution in [-0.4, -0.2) is 41.7 Å². The largest absolute Gasteiger partial charge is 0.507 e. The average Bonchev–Trinajstić information content (AvgIpc) is 3.31. The number of benzene rings is 1. The highest BCUT2D eigenvalue weighted by Gasteiger charge is 2.13. The number of carboxylic acids is 1. The monoisotopic (exact) mass is 364 g/mol. The van der Waals surface area contributed by atoms with Gasteiger partial charge in [-0.05, 0) is 11.6 Å². The zero-order chi connectivity index (χ0) is 19.2. The molecule has 0 aliphatic carbocycles. The van der Waals surface area contributed by atoms with Crippen molar-refractivity contribution in [3.05, 3.63) is 83.7 Å². The predicted molar refractivity (Wildman–Crippen MR) is 98.0 cm³/mol. The Labute approximate surface area is 154 Å². The number of allylic oxidation sites excluding steroid dienone is 1. The van der Waals surface area contributed by atoms with Crippen LogP contribution in [0.5, 0.6) is 0 Å². The lowest BCUT2D eigenvalue weighted by Crippen LogP contribution is -1.99. The molecule has 136 valence electrons. The van der Waals surface area contributed by atoms with E-state index in [2.05, 4.69) is 15.2 Å². The quantitative estimate of drug-likeness (QED) is 0.336. The highest BCUT2D eigenvalue weighted by Crippen LogP contribution is 2.21. The van der Waals surface area contributed by atoms with Crippen molar-refractivity contribution in [1.82, 2.24) is 19.7 Å². The predicted octanol–water partition coefficient (Wildman–Crippen LogP) is 2.53. The number of rotatable bonds is 7. The maximum absolute atomic E-state index is 12.1. The fourth-order valence-corrected chi connectivity index (χ4v) is 2.51. The van der Waals surface area contributed by atoms with Crippen LogP contribution in [0.1, 0.15) is 27.3 Å². The zero-order valence-electron chi connectivity index (χ0n) is 14.1. The summed E-state index contributed by atoms with van der Waals surface area (Å²) in [5.41, 5.74) is 1.83. The third kappa shape index (κ3) is 4.57. The molecule has 3 rings (SSSR count). The summed E-state index contributed by atoms with van der Waals surface area (Å²) in [7, 11) is 0. The normalized spacial score (nSPS) is 11.8. The average molecular weight is 364 g/mol. The van der Waals surface area contributed by atoms with E-state index in [9.17, 15) is 14.7 Å². The molecule has 0 saturated heterocycles. The smallest absolute Gasteiger partial charge is 0.328 e. The van der Waals surface area contributed by atoms with E-state index in [4.69, 9.17) is 5.11 Å². The lowest BCUT2D eigenvalue weighted by Gasteiger charge is -2.02. The van der Waals surface area contributed by atoms with Gasteiger partial charge < -0.3 is 14.8 Å². The van der Waals surface area contributed by atoms with E-state index in [-0.39, 0.29) is 11.6 Å². The molecule has 0 radical (unpaired) electrons. The molecule has 8 nitrogen and oxygen atoms in total. The van der Waals surface area contributed by atoms with E-state index >= 15 is 0 Å². The van der Waals surface area contributed by atoms with Gasteiger partial charge in [0.2, 0.25) is 5.78 Å². The molecule has 27 heavy (non-hydrogen) atoms. The Balaban J connectivity index is 1.93. The van der Waals surface area contributed by atoms with E-state index in [0.717, 1.165) is 17.7 Å². The first-order valence-electron chi connectivity index (χ1n) is 7.98. The number of aromatic nitrogens is 4. The third-order valence-electron chi connectivity index (χ3n) is 3.72. The van der Waals surface area contributed by atoms with Crippen molar-refractivity contribution in [3.63, 3.8) is 0 Å². The standard InChI is InChI=1S/C19H16N4O4/c24-16(8-17(25)19-20-12-21-22-19)15-11-23(9-13-4-2-1-3-5-13)10-14(15)6-7-18(26)27/h1-8,10-12,24H,9H2,(H,26,27)(H,20,21,22). The molecule has 0 amide bonds. The van der Waals surface area contributed by atoms with Crippen molar-refractivity contribution >= 4 is 23.6 Å². The number of hydrogen-bond acceptors (Lipinski definition) is 5. The van der Waals surface area contributed by atoms with Gasteiger partial charge in [0.05, 0.1) is 0 Å². The molecule has 1 aromatic carbocycles. The Morgan fingerprint density at radius 3 is 2.59 bits per heavy atom. The fraction of sp³-hybridized carbons (Fsp3) is 0.0526. The molecule has 0 atom stereocenters. The molecule has 0 bridgehead atoms. The topological polar surface area (TPSA) is 121 Å². The lowest BCUT2D eigenvalue weighted by molar-refractivity contribution is -0.131. The number of ketones is 1. The Kier molecular flexibility index (Phi) is 5.27. The van der Waals surface area contributed by atoms with Gasteiger partial charge in [-0.1, -0.05) is 30.3 Å². The molecule has 2 heterocycles. The minimum Gasteiger partial charge on any atom is -0.507 e. The number of H-pyrrole nitrogens is 1. The molecule has 0 aliphatic rings. The number of aromatic amines is 1. The summed E-state index contributed by atoms with van der Waals surface area (Å²) in [5, 5.41) is 25.3. The number of aliphatic hydroxyl groups excluding tert-OH is 1. The summed E-state index contributed by atoms with van der Waals surface area (Å²) in [6, 6.07) is 9.65. The number of nitrogens with one attached hydrogen (secondary N) is 1. The van der Waals surface area contributed by atoms with Gasteiger partial charge in [0.1, 0.15) is 12.1 Å². The first-order chi connectivity index (χ1) is 13.0. The first kappa shape index (κ1) is 17.9. The summed E-state index contributed by atoms with van der Waals surface area (Å²) in [5.74, 6) is -1.96. The molecule has 3 N–H and O–H groups in total. The summed E-state index contributed by atoms with van der Waals surface area (Å²) >= 11 is 0. The molecular weight excluding hydrogens is 348 g/mol. The van der Waals surface area contributed by atoms with Crippen LogP contribution < -0.4 is 0 Å². The molecular formula is C19H16N4O4. The van der Waals surface area contributed by atoms with E-state index in [1.165, 1.54) is 12.4 Å². The second-order valence-corrected chi connectivity index (χ2v) is 5.68. The highest BCUT2D eigenvalue weighted by atomic mass is 16.4. The van der Waals surface area contributed by atoms with E-state index in [1.807, 2.05) is 30.3 Å². The van der Waals surface area contributed by atoms with Crippen molar-refractivity contribution in [2.24, 2.45) is 0 Å². The number of nitrogens with zero attached hydrogens (tertiary/aromatic N) is 3. The SMILES string of the molecule is O=C(O)C=Cc1cn(Cc2ccccc2)cc1C(O)=CC(=O)c1ncn[nH]1. The van der Waals surface area contributed by atoms with Gasteiger partial charge >= 0.3 is 5.97 Å². The van der Waals surface area contributed by atoms with Crippen LogP contribution >= 0.6 is 0 Å². The number of aliphatic carboxylic acids is 1. The van der Waals surface area contributed by atoms with Crippen molar-refractivity contribution < 1.29 is 19.8 Å². The van der Waals surface area contributed by atoms with Gasteiger partial charge in [0, 0.05) is 42.2 Å². The van der Waals surface area contributed by atoms with E-state index in [1.54, 1.807) is 17.0 Å². The van der Waals surface area contributed by atoms with Gasteiger partial charge in [-0.3, -0.25) is 9.89 Å². The van der Waals surface area contributed by atoms with E-state index < -0.39 is 11.8 Å². The maximum atomic E-state index is 12.1. The lowest BCUT2D eigenvalue weighted by atomic mass is 10.1. The van der Waals surface area contributed by atoms with E-state index in [0.29, 0.717) is 17.7 Å². The van der Waals surface area contributed by atoms with Gasteiger partial charge in [0.25, 0.3) is 0 Å². The number of carbonyl (C=O) groups is 2. The van der Waals surface area contributed by atoms with Gasteiger partial charge in [-0.25, -0.2) is 9.78 Å². The van der Waals surface area contributed by atoms with Crippen molar-refractivity contribution in [1.29, 1.82) is 0 Å². The zero-order valence-corrected chi connectivity index (χ0v) is 14.1.